The van der Waals surface area contributed by atoms with Gasteiger partial charge in [0.25, 0.3) is 0 Å². The van der Waals surface area contributed by atoms with Crippen molar-refractivity contribution in [3.63, 3.8) is 0 Å². The third kappa shape index (κ3) is 3.82. The second kappa shape index (κ2) is 6.08. The number of nitrogens with zero attached hydrogens (tertiary/aromatic N) is 2. The van der Waals surface area contributed by atoms with E-state index >= 15 is 0 Å². The van der Waals surface area contributed by atoms with Crippen molar-refractivity contribution in [3.8, 4) is 0 Å². The molecular weight excluding hydrogens is 234 g/mol. The highest BCUT2D eigenvalue weighted by atomic mass is 15.1. The van der Waals surface area contributed by atoms with E-state index in [0.717, 1.165) is 18.9 Å². The van der Waals surface area contributed by atoms with Crippen LogP contribution in [0.2, 0.25) is 0 Å². The largest absolute Gasteiger partial charge is 0.330 e. The molecule has 3 heteroatoms. The topological polar surface area (TPSA) is 43.8 Å². The predicted molar refractivity (Wildman–Crippen MR) is 80.1 cm³/mol. The summed E-state index contributed by atoms with van der Waals surface area (Å²) in [5.41, 5.74) is 7.72. The second-order valence-corrected chi connectivity index (χ2v) is 7.23. The molecule has 1 aliphatic carbocycles. The van der Waals surface area contributed by atoms with Crippen LogP contribution in [-0.2, 0) is 6.42 Å². The number of hydrogen-bond acceptors (Lipinski definition) is 2. The molecule has 0 saturated heterocycles. The first-order chi connectivity index (χ1) is 9.01. The number of nitrogens with two attached hydrogens (primary N) is 1. The van der Waals surface area contributed by atoms with E-state index in [2.05, 4.69) is 30.3 Å². The zero-order valence-corrected chi connectivity index (χ0v) is 12.7. The van der Waals surface area contributed by atoms with E-state index in [1.54, 1.807) is 0 Å². The Kier molecular flexibility index (Phi) is 4.67. The minimum absolute atomic E-state index is 0.295. The molecule has 0 amide bonds. The number of imidazole rings is 1. The first-order valence-electron chi connectivity index (χ1n) is 7.72. The van der Waals surface area contributed by atoms with Gasteiger partial charge in [-0.1, -0.05) is 40.0 Å². The lowest BCUT2D eigenvalue weighted by Gasteiger charge is -2.32. The maximum Gasteiger partial charge on any atom is 0.0951 e. The van der Waals surface area contributed by atoms with Gasteiger partial charge in [0.1, 0.15) is 0 Å². The first kappa shape index (κ1) is 14.6. The quantitative estimate of drug-likeness (QED) is 0.902. The summed E-state index contributed by atoms with van der Waals surface area (Å²) in [6.45, 7) is 7.57. The molecular formula is C16H29N3. The SMILES string of the molecule is CC(C)(C)Cc1cncn1C(CN)C1CCCCC1. The fourth-order valence-electron chi connectivity index (χ4n) is 3.36. The van der Waals surface area contributed by atoms with Crippen LogP contribution in [0.5, 0.6) is 0 Å². The van der Waals surface area contributed by atoms with Gasteiger partial charge in [0.2, 0.25) is 0 Å². The Balaban J connectivity index is 2.16. The predicted octanol–water partition coefficient (Wildman–Crippen LogP) is 3.55. The van der Waals surface area contributed by atoms with Crippen molar-refractivity contribution in [1.82, 2.24) is 9.55 Å². The summed E-state index contributed by atoms with van der Waals surface area (Å²) >= 11 is 0. The first-order valence-corrected chi connectivity index (χ1v) is 7.72. The molecule has 1 aromatic rings. The highest BCUT2D eigenvalue weighted by molar-refractivity contribution is 5.04. The fraction of sp³-hybridized carbons (Fsp3) is 0.812. The van der Waals surface area contributed by atoms with E-state index in [9.17, 15) is 0 Å². The molecule has 1 atom stereocenters. The average molecular weight is 263 g/mol. The third-order valence-corrected chi connectivity index (χ3v) is 4.25. The highest BCUT2D eigenvalue weighted by Crippen LogP contribution is 2.34. The molecule has 3 nitrogen and oxygen atoms in total. The lowest BCUT2D eigenvalue weighted by Crippen LogP contribution is -2.30. The normalized spacial score (nSPS) is 19.6. The van der Waals surface area contributed by atoms with Gasteiger partial charge in [-0.2, -0.15) is 0 Å². The number of hydrogen-bond donors (Lipinski definition) is 1. The molecule has 2 N–H and O–H groups in total. The van der Waals surface area contributed by atoms with Gasteiger partial charge in [0.05, 0.1) is 6.33 Å². The zero-order valence-electron chi connectivity index (χ0n) is 12.7. The maximum absolute atomic E-state index is 6.08. The molecule has 1 aromatic heterocycles. The molecule has 1 heterocycles. The van der Waals surface area contributed by atoms with Gasteiger partial charge in [0, 0.05) is 24.5 Å². The minimum atomic E-state index is 0.295. The van der Waals surface area contributed by atoms with Crippen LogP contribution < -0.4 is 5.73 Å². The van der Waals surface area contributed by atoms with E-state index in [-0.39, 0.29) is 0 Å². The van der Waals surface area contributed by atoms with Crippen molar-refractivity contribution in [1.29, 1.82) is 0 Å². The van der Waals surface area contributed by atoms with Crippen molar-refractivity contribution in [2.24, 2.45) is 17.1 Å². The summed E-state index contributed by atoms with van der Waals surface area (Å²) in [6, 6.07) is 0.445. The Hall–Kier alpha value is -0.830. The van der Waals surface area contributed by atoms with Crippen LogP contribution in [-0.4, -0.2) is 16.1 Å². The molecule has 108 valence electrons. The van der Waals surface area contributed by atoms with Crippen LogP contribution in [0.15, 0.2) is 12.5 Å². The van der Waals surface area contributed by atoms with Crippen molar-refractivity contribution in [3.05, 3.63) is 18.2 Å². The molecule has 1 aliphatic rings. The van der Waals surface area contributed by atoms with E-state index in [0.29, 0.717) is 11.5 Å². The van der Waals surface area contributed by atoms with Gasteiger partial charge < -0.3 is 10.3 Å². The van der Waals surface area contributed by atoms with Crippen LogP contribution in [0.25, 0.3) is 0 Å². The Bertz CT molecular complexity index is 383. The molecule has 0 bridgehead atoms. The highest BCUT2D eigenvalue weighted by Gasteiger charge is 2.26. The summed E-state index contributed by atoms with van der Waals surface area (Å²) in [4.78, 5) is 4.38. The molecule has 1 unspecified atom stereocenters. The van der Waals surface area contributed by atoms with Gasteiger partial charge in [-0.3, -0.25) is 0 Å². The smallest absolute Gasteiger partial charge is 0.0951 e. The molecule has 0 aliphatic heterocycles. The Morgan fingerprint density at radius 3 is 2.58 bits per heavy atom. The monoisotopic (exact) mass is 263 g/mol. The van der Waals surface area contributed by atoms with E-state index in [1.165, 1.54) is 37.8 Å². The summed E-state index contributed by atoms with van der Waals surface area (Å²) < 4.78 is 2.36. The van der Waals surface area contributed by atoms with Crippen molar-refractivity contribution < 1.29 is 0 Å². The second-order valence-electron chi connectivity index (χ2n) is 7.23. The lowest BCUT2D eigenvalue weighted by molar-refractivity contribution is 0.246. The Labute approximate surface area is 117 Å². The fourth-order valence-corrected chi connectivity index (χ4v) is 3.36. The Morgan fingerprint density at radius 2 is 2.00 bits per heavy atom. The van der Waals surface area contributed by atoms with Crippen LogP contribution in [0.3, 0.4) is 0 Å². The number of aromatic nitrogens is 2. The third-order valence-electron chi connectivity index (χ3n) is 4.25. The molecule has 0 spiro atoms. The zero-order chi connectivity index (χ0) is 13.9. The molecule has 0 radical (unpaired) electrons. The molecule has 1 saturated carbocycles. The van der Waals surface area contributed by atoms with Crippen LogP contribution >= 0.6 is 0 Å². The van der Waals surface area contributed by atoms with Crippen molar-refractivity contribution in [2.75, 3.05) is 6.54 Å². The molecule has 2 rings (SSSR count). The van der Waals surface area contributed by atoms with Crippen LogP contribution in [0, 0.1) is 11.3 Å². The van der Waals surface area contributed by atoms with Crippen LogP contribution in [0.4, 0.5) is 0 Å². The van der Waals surface area contributed by atoms with Gasteiger partial charge in [-0.25, -0.2) is 4.98 Å². The van der Waals surface area contributed by atoms with Crippen LogP contribution in [0.1, 0.15) is 64.6 Å². The summed E-state index contributed by atoms with van der Waals surface area (Å²) in [5.74, 6) is 0.742. The molecule has 19 heavy (non-hydrogen) atoms. The van der Waals surface area contributed by atoms with Gasteiger partial charge in [0.15, 0.2) is 0 Å². The van der Waals surface area contributed by atoms with Crippen molar-refractivity contribution in [2.45, 2.75) is 65.3 Å². The minimum Gasteiger partial charge on any atom is -0.330 e. The van der Waals surface area contributed by atoms with E-state index < -0.39 is 0 Å². The van der Waals surface area contributed by atoms with Gasteiger partial charge in [-0.05, 0) is 30.6 Å². The Morgan fingerprint density at radius 1 is 1.32 bits per heavy atom. The van der Waals surface area contributed by atoms with Gasteiger partial charge in [-0.15, -0.1) is 0 Å². The average Bonchev–Trinajstić information content (AvgIpc) is 2.78. The standard InChI is InChI=1S/C16H29N3/c1-16(2,3)9-14-11-18-12-19(14)15(10-17)13-7-5-4-6-8-13/h11-13,15H,4-10,17H2,1-3H3. The summed E-state index contributed by atoms with van der Waals surface area (Å²) in [7, 11) is 0. The van der Waals surface area contributed by atoms with E-state index in [4.69, 9.17) is 5.73 Å². The summed E-state index contributed by atoms with van der Waals surface area (Å²) in [6.07, 6.45) is 11.9. The van der Waals surface area contributed by atoms with Gasteiger partial charge >= 0.3 is 0 Å². The maximum atomic E-state index is 6.08. The summed E-state index contributed by atoms with van der Waals surface area (Å²) in [5, 5.41) is 0. The van der Waals surface area contributed by atoms with E-state index in [1.807, 2.05) is 12.5 Å². The molecule has 1 fully saturated rings. The van der Waals surface area contributed by atoms with Crippen molar-refractivity contribution >= 4 is 0 Å². The molecule has 0 aromatic carbocycles. The lowest BCUT2D eigenvalue weighted by atomic mass is 9.83. The number of rotatable bonds is 4.